The molecule has 0 saturated heterocycles. The van der Waals surface area contributed by atoms with E-state index >= 15 is 0 Å². The van der Waals surface area contributed by atoms with Crippen molar-refractivity contribution in [1.82, 2.24) is 14.6 Å². The van der Waals surface area contributed by atoms with Gasteiger partial charge in [-0.05, 0) is 12.1 Å². The third-order valence-electron chi connectivity index (χ3n) is 3.42. The molecule has 0 spiro atoms. The lowest BCUT2D eigenvalue weighted by atomic mass is 10.1. The van der Waals surface area contributed by atoms with E-state index in [2.05, 4.69) is 27.9 Å². The topological polar surface area (TPSA) is 43.1 Å². The highest BCUT2D eigenvalue weighted by Crippen LogP contribution is 2.32. The Morgan fingerprint density at radius 2 is 1.95 bits per heavy atom. The minimum Gasteiger partial charge on any atom is -0.264 e. The van der Waals surface area contributed by atoms with Gasteiger partial charge in [-0.25, -0.2) is 9.66 Å². The number of pyridine rings is 2. The molecule has 1 aromatic carbocycles. The number of hydrogen-bond donors (Lipinski definition) is 0. The average molecular weight is 246 g/mol. The molecular formula is C15H10N4. The zero-order valence-corrected chi connectivity index (χ0v) is 10.1. The van der Waals surface area contributed by atoms with E-state index in [9.17, 15) is 0 Å². The van der Waals surface area contributed by atoms with Gasteiger partial charge in [0.15, 0.2) is 5.65 Å². The summed E-state index contributed by atoms with van der Waals surface area (Å²) in [6.45, 7) is 3.64. The van der Waals surface area contributed by atoms with E-state index in [0.717, 1.165) is 32.7 Å². The minimum absolute atomic E-state index is 0.816. The summed E-state index contributed by atoms with van der Waals surface area (Å²) < 4.78 is 1.77. The van der Waals surface area contributed by atoms with Gasteiger partial charge in [-0.1, -0.05) is 18.2 Å². The fourth-order valence-electron chi connectivity index (χ4n) is 2.60. The number of para-hydroxylation sites is 1. The van der Waals surface area contributed by atoms with Gasteiger partial charge >= 0.3 is 0 Å². The Labute approximate surface area is 109 Å². The van der Waals surface area contributed by atoms with Crippen LogP contribution in [0.1, 0.15) is 0 Å². The number of rotatable bonds is 1. The second-order valence-corrected chi connectivity index (χ2v) is 4.39. The molecule has 0 aliphatic carbocycles. The third kappa shape index (κ3) is 1.25. The van der Waals surface area contributed by atoms with Gasteiger partial charge in [0.05, 0.1) is 5.52 Å². The lowest BCUT2D eigenvalue weighted by Gasteiger charge is -1.99. The standard InChI is InChI=1S/C15H10N4/c1-16-19-13-5-3-2-4-11(13)14-12-9-17-7-6-10(12)8-18-15(14)19/h2-9H,1H2. The van der Waals surface area contributed by atoms with Crippen LogP contribution in [0.2, 0.25) is 0 Å². The number of nitrogens with zero attached hydrogens (tertiary/aromatic N) is 4. The lowest BCUT2D eigenvalue weighted by Crippen LogP contribution is -1.89. The van der Waals surface area contributed by atoms with Crippen LogP contribution in [0.3, 0.4) is 0 Å². The first-order valence-corrected chi connectivity index (χ1v) is 5.99. The molecule has 0 bridgehead atoms. The Kier molecular flexibility index (Phi) is 1.94. The maximum Gasteiger partial charge on any atom is 0.162 e. The summed E-state index contributed by atoms with van der Waals surface area (Å²) in [5.41, 5.74) is 1.83. The highest BCUT2D eigenvalue weighted by atomic mass is 15.4. The van der Waals surface area contributed by atoms with Gasteiger partial charge in [0.25, 0.3) is 0 Å². The van der Waals surface area contributed by atoms with Gasteiger partial charge in [0.1, 0.15) is 0 Å². The summed E-state index contributed by atoms with van der Waals surface area (Å²) in [5.74, 6) is 0. The quantitative estimate of drug-likeness (QED) is 0.484. The van der Waals surface area contributed by atoms with E-state index in [0.29, 0.717) is 0 Å². The van der Waals surface area contributed by atoms with E-state index in [1.807, 2.05) is 36.7 Å². The third-order valence-corrected chi connectivity index (χ3v) is 3.42. The zero-order chi connectivity index (χ0) is 12.8. The molecule has 3 aromatic heterocycles. The van der Waals surface area contributed by atoms with Crippen LogP contribution < -0.4 is 0 Å². The molecule has 19 heavy (non-hydrogen) atoms. The molecule has 0 radical (unpaired) electrons. The van der Waals surface area contributed by atoms with E-state index in [-0.39, 0.29) is 0 Å². The van der Waals surface area contributed by atoms with Crippen LogP contribution in [0.4, 0.5) is 0 Å². The van der Waals surface area contributed by atoms with E-state index in [4.69, 9.17) is 0 Å². The fraction of sp³-hybridized carbons (Fsp3) is 0. The van der Waals surface area contributed by atoms with Crippen molar-refractivity contribution in [3.8, 4) is 0 Å². The number of hydrogen-bond acceptors (Lipinski definition) is 3. The fourth-order valence-corrected chi connectivity index (χ4v) is 2.60. The first kappa shape index (κ1) is 10.2. The highest BCUT2D eigenvalue weighted by molar-refractivity contribution is 6.18. The Balaban J connectivity index is 2.41. The smallest absolute Gasteiger partial charge is 0.162 e. The van der Waals surface area contributed by atoms with E-state index < -0.39 is 0 Å². The van der Waals surface area contributed by atoms with Crippen LogP contribution in [0.15, 0.2) is 54.0 Å². The second-order valence-electron chi connectivity index (χ2n) is 4.39. The summed E-state index contributed by atoms with van der Waals surface area (Å²) in [6, 6.07) is 10.1. The molecule has 0 aliphatic rings. The SMILES string of the molecule is C=Nn1c2ccccc2c2c3cnccc3cnc21. The first-order valence-electron chi connectivity index (χ1n) is 5.99. The van der Waals surface area contributed by atoms with Crippen molar-refractivity contribution in [2.45, 2.75) is 0 Å². The lowest BCUT2D eigenvalue weighted by molar-refractivity contribution is 0.961. The molecule has 0 amide bonds. The molecule has 4 aromatic rings. The van der Waals surface area contributed by atoms with Gasteiger partial charge in [0.2, 0.25) is 0 Å². The molecule has 4 nitrogen and oxygen atoms in total. The largest absolute Gasteiger partial charge is 0.264 e. The van der Waals surface area contributed by atoms with Gasteiger partial charge < -0.3 is 0 Å². The number of benzene rings is 1. The molecule has 0 unspecified atom stereocenters. The highest BCUT2D eigenvalue weighted by Gasteiger charge is 2.13. The zero-order valence-electron chi connectivity index (χ0n) is 10.1. The Hall–Kier alpha value is -2.75. The molecule has 0 N–H and O–H groups in total. The van der Waals surface area contributed by atoms with E-state index in [1.54, 1.807) is 10.9 Å². The van der Waals surface area contributed by atoms with Crippen LogP contribution in [-0.2, 0) is 0 Å². The van der Waals surface area contributed by atoms with Crippen LogP contribution in [0.5, 0.6) is 0 Å². The van der Waals surface area contributed by atoms with Crippen molar-refractivity contribution >= 4 is 39.4 Å². The Morgan fingerprint density at radius 3 is 2.84 bits per heavy atom. The molecule has 3 heterocycles. The van der Waals surface area contributed by atoms with E-state index in [1.165, 1.54) is 0 Å². The Bertz CT molecular complexity index is 937. The summed E-state index contributed by atoms with van der Waals surface area (Å²) >= 11 is 0. The summed E-state index contributed by atoms with van der Waals surface area (Å²) in [6.07, 6.45) is 5.50. The Morgan fingerprint density at radius 1 is 1.05 bits per heavy atom. The predicted molar refractivity (Wildman–Crippen MR) is 77.5 cm³/mol. The van der Waals surface area contributed by atoms with Crippen LogP contribution in [0.25, 0.3) is 32.7 Å². The van der Waals surface area contributed by atoms with Crippen molar-refractivity contribution in [3.05, 3.63) is 48.9 Å². The normalized spacial score (nSPS) is 11.4. The molecule has 0 fully saturated rings. The van der Waals surface area contributed by atoms with Gasteiger partial charge in [-0.15, -0.1) is 0 Å². The molecule has 0 saturated carbocycles. The molecule has 0 atom stereocenters. The summed E-state index contributed by atoms with van der Waals surface area (Å²) in [4.78, 5) is 8.74. The second kappa shape index (κ2) is 3.62. The molecule has 90 valence electrons. The monoisotopic (exact) mass is 246 g/mol. The first-order chi connectivity index (χ1) is 9.40. The average Bonchev–Trinajstić information content (AvgIpc) is 2.81. The van der Waals surface area contributed by atoms with Crippen molar-refractivity contribution < 1.29 is 0 Å². The predicted octanol–water partition coefficient (Wildman–Crippen LogP) is 3.20. The number of aromatic nitrogens is 3. The van der Waals surface area contributed by atoms with Crippen LogP contribution >= 0.6 is 0 Å². The summed E-state index contributed by atoms with van der Waals surface area (Å²) in [5, 5.41) is 8.44. The van der Waals surface area contributed by atoms with Crippen molar-refractivity contribution in [1.29, 1.82) is 0 Å². The summed E-state index contributed by atoms with van der Waals surface area (Å²) in [7, 11) is 0. The minimum atomic E-state index is 0.816. The maximum atomic E-state index is 4.52. The number of fused-ring (bicyclic) bond motifs is 5. The molecule has 4 rings (SSSR count). The molecule has 0 aliphatic heterocycles. The molecular weight excluding hydrogens is 236 g/mol. The van der Waals surface area contributed by atoms with Crippen LogP contribution in [0, 0.1) is 0 Å². The van der Waals surface area contributed by atoms with Crippen molar-refractivity contribution in [3.63, 3.8) is 0 Å². The van der Waals surface area contributed by atoms with Gasteiger partial charge in [0, 0.05) is 46.9 Å². The van der Waals surface area contributed by atoms with Crippen molar-refractivity contribution in [2.75, 3.05) is 0 Å². The van der Waals surface area contributed by atoms with Gasteiger partial charge in [-0.2, -0.15) is 5.10 Å². The van der Waals surface area contributed by atoms with Gasteiger partial charge in [-0.3, -0.25) is 4.98 Å². The van der Waals surface area contributed by atoms with Crippen molar-refractivity contribution in [2.24, 2.45) is 5.10 Å². The van der Waals surface area contributed by atoms with Crippen LogP contribution in [-0.4, -0.2) is 21.4 Å². The maximum absolute atomic E-state index is 4.52. The molecule has 4 heteroatoms.